The van der Waals surface area contributed by atoms with E-state index in [0.717, 1.165) is 17.9 Å². The van der Waals surface area contributed by atoms with Crippen molar-refractivity contribution < 1.29 is 19.0 Å². The first-order valence-corrected chi connectivity index (χ1v) is 9.72. The number of carbonyl (C=O) groups excluding carboxylic acids is 1. The van der Waals surface area contributed by atoms with Crippen LogP contribution in [-0.4, -0.2) is 39.3 Å². The maximum atomic E-state index is 12.9. The normalized spacial score (nSPS) is 10.3. The summed E-state index contributed by atoms with van der Waals surface area (Å²) in [6.07, 6.45) is 0. The van der Waals surface area contributed by atoms with Crippen LogP contribution in [0.1, 0.15) is 38.1 Å². The summed E-state index contributed by atoms with van der Waals surface area (Å²) in [6.45, 7) is 10.0. The second kappa shape index (κ2) is 10.4. The molecule has 0 aliphatic rings. The molecule has 28 heavy (non-hydrogen) atoms. The Morgan fingerprint density at radius 1 is 0.929 bits per heavy atom. The van der Waals surface area contributed by atoms with Gasteiger partial charge in [0.05, 0.1) is 19.8 Å². The summed E-state index contributed by atoms with van der Waals surface area (Å²) in [5, 5.41) is 2.95. The molecule has 0 aliphatic heterocycles. The van der Waals surface area contributed by atoms with Crippen molar-refractivity contribution in [3.05, 3.63) is 42.0 Å². The maximum absolute atomic E-state index is 12.9. The third kappa shape index (κ3) is 5.31. The van der Waals surface area contributed by atoms with Crippen LogP contribution in [0.25, 0.3) is 0 Å². The number of nitrogens with zero attached hydrogens (tertiary/aromatic N) is 1. The van der Waals surface area contributed by atoms with Gasteiger partial charge in [-0.25, -0.2) is 0 Å². The number of anilines is 2. The highest BCUT2D eigenvalue weighted by atomic mass is 16.5. The summed E-state index contributed by atoms with van der Waals surface area (Å²) in [7, 11) is 2.01. The number of hydrogen-bond acceptors (Lipinski definition) is 5. The predicted octanol–water partition coefficient (Wildman–Crippen LogP) is 4.59. The largest absolute Gasteiger partial charge is 0.490 e. The molecule has 0 aliphatic carbocycles. The first-order chi connectivity index (χ1) is 13.5. The fraction of sp³-hybridized carbons (Fsp3) is 0.409. The van der Waals surface area contributed by atoms with E-state index in [4.69, 9.17) is 14.2 Å². The molecule has 0 atom stereocenters. The van der Waals surface area contributed by atoms with Crippen molar-refractivity contribution in [2.75, 3.05) is 43.6 Å². The zero-order valence-electron chi connectivity index (χ0n) is 17.4. The molecule has 152 valence electrons. The molecule has 0 saturated carbocycles. The van der Waals surface area contributed by atoms with Gasteiger partial charge in [-0.05, 0) is 58.0 Å². The fourth-order valence-corrected chi connectivity index (χ4v) is 2.73. The van der Waals surface area contributed by atoms with Gasteiger partial charge < -0.3 is 24.4 Å². The molecule has 0 aromatic heterocycles. The van der Waals surface area contributed by atoms with Crippen LogP contribution in [0.5, 0.6) is 17.2 Å². The molecule has 2 aromatic carbocycles. The van der Waals surface area contributed by atoms with Crippen LogP contribution in [0.2, 0.25) is 0 Å². The summed E-state index contributed by atoms with van der Waals surface area (Å²) in [4.78, 5) is 15.0. The van der Waals surface area contributed by atoms with E-state index in [1.165, 1.54) is 0 Å². The second-order valence-corrected chi connectivity index (χ2v) is 6.12. The Labute approximate surface area is 167 Å². The first-order valence-electron chi connectivity index (χ1n) is 9.72. The molecule has 2 aromatic rings. The van der Waals surface area contributed by atoms with E-state index >= 15 is 0 Å². The SMILES string of the molecule is CCOc1cc(C(=O)Nc2cccc(N(C)CC)c2)cc(OCC)c1OCC. The minimum atomic E-state index is -0.235. The summed E-state index contributed by atoms with van der Waals surface area (Å²) >= 11 is 0. The van der Waals surface area contributed by atoms with Gasteiger partial charge in [0.2, 0.25) is 5.75 Å². The molecule has 0 unspecified atom stereocenters. The van der Waals surface area contributed by atoms with Crippen LogP contribution < -0.4 is 24.4 Å². The van der Waals surface area contributed by atoms with Crippen molar-refractivity contribution in [1.82, 2.24) is 0 Å². The molecule has 0 spiro atoms. The molecule has 0 radical (unpaired) electrons. The van der Waals surface area contributed by atoms with Gasteiger partial charge in [0.25, 0.3) is 5.91 Å². The highest BCUT2D eigenvalue weighted by Gasteiger charge is 2.18. The van der Waals surface area contributed by atoms with Crippen molar-refractivity contribution in [2.24, 2.45) is 0 Å². The van der Waals surface area contributed by atoms with Crippen LogP contribution in [0.15, 0.2) is 36.4 Å². The first kappa shape index (κ1) is 21.4. The second-order valence-electron chi connectivity index (χ2n) is 6.12. The Kier molecular flexibility index (Phi) is 7.99. The number of nitrogens with one attached hydrogen (secondary N) is 1. The molecular weight excluding hydrogens is 356 g/mol. The van der Waals surface area contributed by atoms with Gasteiger partial charge >= 0.3 is 0 Å². The summed E-state index contributed by atoms with van der Waals surface area (Å²) in [6, 6.07) is 11.1. The average molecular weight is 386 g/mol. The minimum Gasteiger partial charge on any atom is -0.490 e. The number of amides is 1. The lowest BCUT2D eigenvalue weighted by Gasteiger charge is -2.18. The van der Waals surface area contributed by atoms with Crippen LogP contribution >= 0.6 is 0 Å². The number of benzene rings is 2. The zero-order chi connectivity index (χ0) is 20.5. The van der Waals surface area contributed by atoms with Crippen molar-refractivity contribution in [2.45, 2.75) is 27.7 Å². The van der Waals surface area contributed by atoms with E-state index < -0.39 is 0 Å². The summed E-state index contributed by atoms with van der Waals surface area (Å²) in [5.41, 5.74) is 2.22. The van der Waals surface area contributed by atoms with E-state index in [9.17, 15) is 4.79 Å². The van der Waals surface area contributed by atoms with Gasteiger partial charge in [-0.1, -0.05) is 6.07 Å². The van der Waals surface area contributed by atoms with Crippen LogP contribution in [0, 0.1) is 0 Å². The molecule has 0 fully saturated rings. The Balaban J connectivity index is 2.34. The van der Waals surface area contributed by atoms with Crippen molar-refractivity contribution in [3.8, 4) is 17.2 Å². The molecular formula is C22H30N2O4. The van der Waals surface area contributed by atoms with Gasteiger partial charge in [-0.3, -0.25) is 4.79 Å². The Morgan fingerprint density at radius 3 is 2.07 bits per heavy atom. The molecule has 6 heteroatoms. The lowest BCUT2D eigenvalue weighted by atomic mass is 10.1. The van der Waals surface area contributed by atoms with E-state index in [1.807, 2.05) is 52.1 Å². The highest BCUT2D eigenvalue weighted by molar-refractivity contribution is 6.05. The monoisotopic (exact) mass is 386 g/mol. The molecule has 0 heterocycles. The Morgan fingerprint density at radius 2 is 1.54 bits per heavy atom. The third-order valence-electron chi connectivity index (χ3n) is 4.19. The summed E-state index contributed by atoms with van der Waals surface area (Å²) in [5.74, 6) is 1.29. The zero-order valence-corrected chi connectivity index (χ0v) is 17.4. The van der Waals surface area contributed by atoms with Gasteiger partial charge in [0.1, 0.15) is 0 Å². The van der Waals surface area contributed by atoms with Crippen molar-refractivity contribution >= 4 is 17.3 Å². The molecule has 0 saturated heterocycles. The van der Waals surface area contributed by atoms with E-state index in [0.29, 0.717) is 42.6 Å². The standard InChI is InChI=1S/C22H30N2O4/c1-6-24(5)18-12-10-11-17(15-18)23-22(25)16-13-19(26-7-2)21(28-9-4)20(14-16)27-8-3/h10-15H,6-9H2,1-5H3,(H,23,25). The quantitative estimate of drug-likeness (QED) is 0.647. The predicted molar refractivity (Wildman–Crippen MR) is 113 cm³/mol. The average Bonchev–Trinajstić information content (AvgIpc) is 2.70. The van der Waals surface area contributed by atoms with Gasteiger partial charge in [0, 0.05) is 30.5 Å². The van der Waals surface area contributed by atoms with Crippen molar-refractivity contribution in [1.29, 1.82) is 0 Å². The number of ether oxygens (including phenoxy) is 3. The molecule has 0 bridgehead atoms. The number of rotatable bonds is 10. The van der Waals surface area contributed by atoms with Gasteiger partial charge in [-0.15, -0.1) is 0 Å². The number of hydrogen-bond donors (Lipinski definition) is 1. The third-order valence-corrected chi connectivity index (χ3v) is 4.19. The smallest absolute Gasteiger partial charge is 0.255 e. The van der Waals surface area contributed by atoms with Gasteiger partial charge in [0.15, 0.2) is 11.5 Å². The maximum Gasteiger partial charge on any atom is 0.255 e. The minimum absolute atomic E-state index is 0.235. The van der Waals surface area contributed by atoms with Gasteiger partial charge in [-0.2, -0.15) is 0 Å². The van der Waals surface area contributed by atoms with E-state index in [-0.39, 0.29) is 5.91 Å². The highest BCUT2D eigenvalue weighted by Crippen LogP contribution is 2.39. The van der Waals surface area contributed by atoms with E-state index in [2.05, 4.69) is 17.1 Å². The number of carbonyl (C=O) groups is 1. The molecule has 1 amide bonds. The molecule has 6 nitrogen and oxygen atoms in total. The lowest BCUT2D eigenvalue weighted by Crippen LogP contribution is -2.17. The molecule has 1 N–H and O–H groups in total. The topological polar surface area (TPSA) is 60.0 Å². The Hall–Kier alpha value is -2.89. The fourth-order valence-electron chi connectivity index (χ4n) is 2.73. The van der Waals surface area contributed by atoms with Crippen molar-refractivity contribution in [3.63, 3.8) is 0 Å². The molecule has 2 rings (SSSR count). The summed E-state index contributed by atoms with van der Waals surface area (Å²) < 4.78 is 17.1. The van der Waals surface area contributed by atoms with Crippen LogP contribution in [-0.2, 0) is 0 Å². The lowest BCUT2D eigenvalue weighted by molar-refractivity contribution is 0.102. The van der Waals surface area contributed by atoms with E-state index in [1.54, 1.807) is 12.1 Å². The van der Waals surface area contributed by atoms with Crippen LogP contribution in [0.4, 0.5) is 11.4 Å². The van der Waals surface area contributed by atoms with Crippen LogP contribution in [0.3, 0.4) is 0 Å². The Bertz CT molecular complexity index is 765.